The maximum atomic E-state index is 14.2. The molecule has 0 spiro atoms. The van der Waals surface area contributed by atoms with Gasteiger partial charge in [-0.1, -0.05) is 45.4 Å². The molecule has 2 aliphatic rings. The zero-order valence-electron chi connectivity index (χ0n) is 20.0. The normalized spacial score (nSPS) is 18.4. The molecule has 1 aromatic heterocycles. The molecule has 3 aromatic rings. The van der Waals surface area contributed by atoms with E-state index in [4.69, 9.17) is 11.1 Å². The van der Waals surface area contributed by atoms with Crippen molar-refractivity contribution >= 4 is 22.8 Å². The molecule has 1 atom stereocenters. The van der Waals surface area contributed by atoms with Crippen molar-refractivity contribution in [1.29, 1.82) is 5.41 Å². The molecule has 2 saturated carbocycles. The Morgan fingerprint density at radius 1 is 1.09 bits per heavy atom. The summed E-state index contributed by atoms with van der Waals surface area (Å²) in [5.74, 6) is 1.60. The van der Waals surface area contributed by atoms with Gasteiger partial charge in [0.25, 0.3) is 0 Å². The standard InChI is InChI=1S/C29H36FN3/c1-18-14-23(11-12-25(18)30)33-27-15-22(17-31)26(32)16-24(27)28(19(2)13-20-7-6-8-20)29(33)21-9-4-3-5-10-21/h11-12,14-17,19-21,31H,3-10,13,32H2,1-2H3/t19-/m0/s1. The second-order valence-electron chi connectivity index (χ2n) is 10.5. The Labute approximate surface area is 196 Å². The summed E-state index contributed by atoms with van der Waals surface area (Å²) in [5.41, 5.74) is 13.4. The minimum absolute atomic E-state index is 0.169. The second-order valence-corrected chi connectivity index (χ2v) is 10.5. The third kappa shape index (κ3) is 3.98. The quantitative estimate of drug-likeness (QED) is 0.293. The van der Waals surface area contributed by atoms with Gasteiger partial charge < -0.3 is 15.7 Å². The van der Waals surface area contributed by atoms with Crippen LogP contribution in [-0.4, -0.2) is 10.8 Å². The lowest BCUT2D eigenvalue weighted by atomic mass is 9.75. The van der Waals surface area contributed by atoms with Crippen LogP contribution in [-0.2, 0) is 0 Å². The van der Waals surface area contributed by atoms with Gasteiger partial charge in [0.15, 0.2) is 0 Å². The number of hydrogen-bond acceptors (Lipinski definition) is 2. The number of nitrogens with one attached hydrogen (secondary N) is 1. The van der Waals surface area contributed by atoms with Gasteiger partial charge in [-0.15, -0.1) is 0 Å². The molecule has 0 saturated heterocycles. The molecule has 0 radical (unpaired) electrons. The van der Waals surface area contributed by atoms with Crippen molar-refractivity contribution in [3.8, 4) is 5.69 Å². The highest BCUT2D eigenvalue weighted by Gasteiger charge is 2.31. The Morgan fingerprint density at radius 3 is 2.48 bits per heavy atom. The van der Waals surface area contributed by atoms with Gasteiger partial charge >= 0.3 is 0 Å². The van der Waals surface area contributed by atoms with E-state index in [2.05, 4.69) is 23.6 Å². The number of hydrogen-bond donors (Lipinski definition) is 2. The Bertz CT molecular complexity index is 1180. The highest BCUT2D eigenvalue weighted by Crippen LogP contribution is 2.47. The van der Waals surface area contributed by atoms with E-state index < -0.39 is 0 Å². The van der Waals surface area contributed by atoms with Gasteiger partial charge in [0, 0.05) is 34.2 Å². The third-order valence-electron chi connectivity index (χ3n) is 8.20. The van der Waals surface area contributed by atoms with Crippen molar-refractivity contribution in [2.24, 2.45) is 5.92 Å². The average Bonchev–Trinajstić information content (AvgIpc) is 3.12. The van der Waals surface area contributed by atoms with Crippen LogP contribution in [0.5, 0.6) is 0 Å². The molecule has 0 amide bonds. The van der Waals surface area contributed by atoms with Gasteiger partial charge in [0.1, 0.15) is 5.82 Å². The molecule has 2 aliphatic carbocycles. The number of halogens is 1. The Morgan fingerprint density at radius 2 is 1.85 bits per heavy atom. The first-order valence-electron chi connectivity index (χ1n) is 12.7. The van der Waals surface area contributed by atoms with E-state index in [9.17, 15) is 4.39 Å². The third-order valence-corrected chi connectivity index (χ3v) is 8.20. The van der Waals surface area contributed by atoms with Gasteiger partial charge in [-0.2, -0.15) is 0 Å². The summed E-state index contributed by atoms with van der Waals surface area (Å²) < 4.78 is 16.6. The van der Waals surface area contributed by atoms with Crippen LogP contribution in [0.1, 0.15) is 98.9 Å². The van der Waals surface area contributed by atoms with Crippen LogP contribution >= 0.6 is 0 Å². The number of nitrogen functional groups attached to an aromatic ring is 1. The number of nitrogens with zero attached hydrogens (tertiary/aromatic N) is 1. The van der Waals surface area contributed by atoms with E-state index in [-0.39, 0.29) is 5.82 Å². The Hall–Kier alpha value is -2.62. The summed E-state index contributed by atoms with van der Waals surface area (Å²) in [6.45, 7) is 4.23. The van der Waals surface area contributed by atoms with E-state index in [1.165, 1.54) is 80.6 Å². The SMILES string of the molecule is Cc1cc(-n2c(C3CCCCC3)c([C@@H](C)CC3CCC3)c3cc(N)c(C=N)cc32)ccc1F. The van der Waals surface area contributed by atoms with Gasteiger partial charge in [-0.25, -0.2) is 4.39 Å². The first-order chi connectivity index (χ1) is 16.0. The molecule has 174 valence electrons. The smallest absolute Gasteiger partial charge is 0.126 e. The summed E-state index contributed by atoms with van der Waals surface area (Å²) in [7, 11) is 0. The van der Waals surface area contributed by atoms with Crippen LogP contribution in [0.2, 0.25) is 0 Å². The lowest BCUT2D eigenvalue weighted by Crippen LogP contribution is -2.17. The van der Waals surface area contributed by atoms with Crippen LogP contribution in [0.3, 0.4) is 0 Å². The number of rotatable bonds is 6. The van der Waals surface area contributed by atoms with Crippen molar-refractivity contribution in [1.82, 2.24) is 4.57 Å². The fourth-order valence-corrected chi connectivity index (χ4v) is 6.22. The minimum atomic E-state index is -0.169. The zero-order chi connectivity index (χ0) is 23.1. The van der Waals surface area contributed by atoms with Crippen LogP contribution in [0.4, 0.5) is 10.1 Å². The highest BCUT2D eigenvalue weighted by molar-refractivity contribution is 5.98. The van der Waals surface area contributed by atoms with Gasteiger partial charge in [-0.05, 0) is 85.4 Å². The molecule has 2 fully saturated rings. The van der Waals surface area contributed by atoms with E-state index in [1.807, 2.05) is 19.1 Å². The largest absolute Gasteiger partial charge is 0.398 e. The van der Waals surface area contributed by atoms with E-state index in [0.29, 0.717) is 23.1 Å². The van der Waals surface area contributed by atoms with Crippen LogP contribution < -0.4 is 5.73 Å². The molecule has 2 aromatic carbocycles. The Kier molecular flexibility index (Phi) is 6.03. The van der Waals surface area contributed by atoms with Crippen molar-refractivity contribution in [2.75, 3.05) is 5.73 Å². The van der Waals surface area contributed by atoms with Gasteiger partial charge in [0.2, 0.25) is 0 Å². The number of aromatic nitrogens is 1. The fraction of sp³-hybridized carbons (Fsp3) is 0.483. The maximum Gasteiger partial charge on any atom is 0.126 e. The summed E-state index contributed by atoms with van der Waals surface area (Å²) in [6.07, 6.45) is 12.9. The molecular weight excluding hydrogens is 409 g/mol. The molecule has 0 aliphatic heterocycles. The molecule has 3 nitrogen and oxygen atoms in total. The Balaban J connectivity index is 1.80. The highest BCUT2D eigenvalue weighted by atomic mass is 19.1. The van der Waals surface area contributed by atoms with Gasteiger partial charge in [-0.3, -0.25) is 0 Å². The average molecular weight is 446 g/mol. The minimum Gasteiger partial charge on any atom is -0.398 e. The van der Waals surface area contributed by atoms with Crippen molar-refractivity contribution in [3.05, 3.63) is 58.5 Å². The lowest BCUT2D eigenvalue weighted by molar-refractivity contribution is 0.280. The molecule has 4 heteroatoms. The van der Waals surface area contributed by atoms with E-state index in [0.717, 1.165) is 22.7 Å². The lowest BCUT2D eigenvalue weighted by Gasteiger charge is -2.31. The number of aryl methyl sites for hydroxylation is 1. The number of nitrogens with two attached hydrogens (primary N) is 1. The first-order valence-corrected chi connectivity index (χ1v) is 12.7. The topological polar surface area (TPSA) is 54.8 Å². The molecular formula is C29H36FN3. The molecule has 1 heterocycles. The summed E-state index contributed by atoms with van der Waals surface area (Å²) in [4.78, 5) is 0. The van der Waals surface area contributed by atoms with Crippen LogP contribution in [0.25, 0.3) is 16.6 Å². The monoisotopic (exact) mass is 445 g/mol. The predicted molar refractivity (Wildman–Crippen MR) is 136 cm³/mol. The number of benzene rings is 2. The zero-order valence-corrected chi connectivity index (χ0v) is 20.0. The van der Waals surface area contributed by atoms with Crippen molar-refractivity contribution < 1.29 is 4.39 Å². The second kappa shape index (κ2) is 8.96. The number of fused-ring (bicyclic) bond motifs is 1. The van der Waals surface area contributed by atoms with E-state index in [1.54, 1.807) is 6.07 Å². The number of anilines is 1. The molecule has 0 unspecified atom stereocenters. The predicted octanol–water partition coefficient (Wildman–Crippen LogP) is 8.00. The van der Waals surface area contributed by atoms with Crippen molar-refractivity contribution in [3.63, 3.8) is 0 Å². The van der Waals surface area contributed by atoms with Crippen molar-refractivity contribution in [2.45, 2.75) is 83.5 Å². The molecule has 5 rings (SSSR count). The van der Waals surface area contributed by atoms with E-state index >= 15 is 0 Å². The summed E-state index contributed by atoms with van der Waals surface area (Å²) in [5, 5.41) is 9.11. The molecule has 33 heavy (non-hydrogen) atoms. The van der Waals surface area contributed by atoms with Crippen LogP contribution in [0.15, 0.2) is 30.3 Å². The maximum absolute atomic E-state index is 14.2. The summed E-state index contributed by atoms with van der Waals surface area (Å²) in [6, 6.07) is 9.65. The van der Waals surface area contributed by atoms with Crippen LogP contribution in [0, 0.1) is 24.1 Å². The molecule has 0 bridgehead atoms. The first kappa shape index (κ1) is 22.2. The summed E-state index contributed by atoms with van der Waals surface area (Å²) >= 11 is 0. The fourth-order valence-electron chi connectivity index (χ4n) is 6.22. The van der Waals surface area contributed by atoms with Gasteiger partial charge in [0.05, 0.1) is 5.52 Å². The molecule has 3 N–H and O–H groups in total.